The lowest BCUT2D eigenvalue weighted by Crippen LogP contribution is -2.21. The highest BCUT2D eigenvalue weighted by Gasteiger charge is 2.07. The maximum absolute atomic E-state index is 11.5. The lowest BCUT2D eigenvalue weighted by molar-refractivity contribution is 0.0951. The van der Waals surface area contributed by atoms with Gasteiger partial charge in [-0.15, -0.1) is 16.4 Å². The average Bonchev–Trinajstić information content (AvgIpc) is 2.84. The van der Waals surface area contributed by atoms with Crippen LogP contribution < -0.4 is 5.32 Å². The van der Waals surface area contributed by atoms with E-state index in [0.29, 0.717) is 10.8 Å². The van der Waals surface area contributed by atoms with Crippen LogP contribution in [0.5, 0.6) is 0 Å². The third-order valence-corrected chi connectivity index (χ3v) is 2.67. The molecule has 0 saturated carbocycles. The van der Waals surface area contributed by atoms with E-state index in [1.807, 2.05) is 11.4 Å². The minimum atomic E-state index is -0.144. The van der Waals surface area contributed by atoms with E-state index in [9.17, 15) is 4.79 Å². The molecule has 0 atom stereocenters. The number of rotatable bonds is 3. The molecule has 1 amide bonds. The third kappa shape index (κ3) is 2.51. The molecular formula is C8H7N3O2S2. The molecule has 0 aliphatic carbocycles. The number of carbonyl (C=O) groups excluding carboxylic acids is 1. The molecule has 2 aromatic rings. The summed E-state index contributed by atoms with van der Waals surface area (Å²) in [5, 5.41) is 10.7. The van der Waals surface area contributed by atoms with Crippen LogP contribution in [0.15, 0.2) is 21.9 Å². The minimum absolute atomic E-state index is 0.144. The molecule has 2 heterocycles. The first-order chi connectivity index (χ1) is 7.25. The third-order valence-electron chi connectivity index (χ3n) is 1.63. The van der Waals surface area contributed by atoms with Crippen molar-refractivity contribution in [2.45, 2.75) is 6.54 Å². The summed E-state index contributed by atoms with van der Waals surface area (Å²) in [6, 6.07) is 3.57. The fourth-order valence-electron chi connectivity index (χ4n) is 0.987. The lowest BCUT2D eigenvalue weighted by Gasteiger charge is -1.98. The first-order valence-corrected chi connectivity index (χ1v) is 5.40. The van der Waals surface area contributed by atoms with Gasteiger partial charge in [0.1, 0.15) is 0 Å². The Bertz CT molecular complexity index is 500. The molecule has 5 nitrogen and oxygen atoms in total. The average molecular weight is 241 g/mol. The molecule has 0 spiro atoms. The summed E-state index contributed by atoms with van der Waals surface area (Å²) in [5.74, 6) is 0.221. The van der Waals surface area contributed by atoms with Crippen LogP contribution in [-0.2, 0) is 6.54 Å². The first kappa shape index (κ1) is 10.1. The molecule has 0 aromatic carbocycles. The zero-order valence-corrected chi connectivity index (χ0v) is 9.15. The zero-order valence-electron chi connectivity index (χ0n) is 7.52. The molecule has 0 fully saturated rings. The van der Waals surface area contributed by atoms with Gasteiger partial charge in [0.05, 0.1) is 11.4 Å². The van der Waals surface area contributed by atoms with Gasteiger partial charge in [-0.25, -0.2) is 5.10 Å². The molecule has 0 radical (unpaired) electrons. The smallest absolute Gasteiger partial charge is 0.284 e. The number of nitrogens with one attached hydrogen (secondary N) is 2. The summed E-state index contributed by atoms with van der Waals surface area (Å²) < 4.78 is 4.99. The van der Waals surface area contributed by atoms with Gasteiger partial charge in [-0.2, -0.15) is 0 Å². The summed E-state index contributed by atoms with van der Waals surface area (Å²) in [6.07, 6.45) is 0. The van der Waals surface area contributed by atoms with E-state index in [2.05, 4.69) is 15.5 Å². The summed E-state index contributed by atoms with van der Waals surface area (Å²) in [7, 11) is 0. The summed E-state index contributed by atoms with van der Waals surface area (Å²) in [5.41, 5.74) is 0. The predicted molar refractivity (Wildman–Crippen MR) is 57.2 cm³/mol. The van der Waals surface area contributed by atoms with E-state index < -0.39 is 0 Å². The van der Waals surface area contributed by atoms with Crippen molar-refractivity contribution in [2.24, 2.45) is 0 Å². The molecule has 7 heteroatoms. The van der Waals surface area contributed by atoms with Crippen molar-refractivity contribution < 1.29 is 9.21 Å². The van der Waals surface area contributed by atoms with E-state index in [-0.39, 0.29) is 17.3 Å². The van der Waals surface area contributed by atoms with Crippen LogP contribution in [0.3, 0.4) is 0 Å². The van der Waals surface area contributed by atoms with Crippen molar-refractivity contribution in [2.75, 3.05) is 0 Å². The number of hydrogen-bond donors (Lipinski definition) is 2. The van der Waals surface area contributed by atoms with Gasteiger partial charge in [0.25, 0.3) is 10.7 Å². The van der Waals surface area contributed by atoms with Crippen molar-refractivity contribution >= 4 is 29.5 Å². The van der Waals surface area contributed by atoms with Gasteiger partial charge in [0.15, 0.2) is 0 Å². The van der Waals surface area contributed by atoms with Gasteiger partial charge in [0, 0.05) is 0 Å². The van der Waals surface area contributed by atoms with Crippen LogP contribution in [-0.4, -0.2) is 16.1 Å². The molecule has 0 bridgehead atoms. The number of aromatic amines is 1. The molecule has 2 aromatic heterocycles. The summed E-state index contributed by atoms with van der Waals surface area (Å²) >= 11 is 6.08. The summed E-state index contributed by atoms with van der Waals surface area (Å²) in [4.78, 5) is 12.3. The van der Waals surface area contributed by atoms with Crippen molar-refractivity contribution in [3.05, 3.63) is 33.1 Å². The normalized spacial score (nSPS) is 10.1. The number of amides is 1. The monoisotopic (exact) mass is 241 g/mol. The Balaban J connectivity index is 1.94. The number of H-pyrrole nitrogens is 1. The maximum Gasteiger partial charge on any atom is 0.284 e. The molecule has 0 saturated heterocycles. The second kappa shape index (κ2) is 4.37. The molecule has 15 heavy (non-hydrogen) atoms. The predicted octanol–water partition coefficient (Wildman–Crippen LogP) is 1.72. The molecular weight excluding hydrogens is 234 g/mol. The maximum atomic E-state index is 11.5. The van der Waals surface area contributed by atoms with Crippen LogP contribution in [0, 0.1) is 4.84 Å². The highest BCUT2D eigenvalue weighted by Crippen LogP contribution is 2.07. The van der Waals surface area contributed by atoms with Crippen LogP contribution in [0.2, 0.25) is 0 Å². The van der Waals surface area contributed by atoms with E-state index in [1.54, 1.807) is 6.07 Å². The van der Waals surface area contributed by atoms with Gasteiger partial charge in [-0.1, -0.05) is 6.07 Å². The topological polar surface area (TPSA) is 70.9 Å². The standard InChI is InChI=1S/C8H7N3O2S2/c12-7(5-2-1-3-15-5)9-4-6-10-11-8(14)13-6/h1-3H,4H2,(H,9,12)(H,11,14). The SMILES string of the molecule is O=C(NCc1n[nH]c(=S)o1)c1cccs1. The van der Waals surface area contributed by atoms with E-state index in [0.717, 1.165) is 0 Å². The number of carbonyl (C=O) groups is 1. The first-order valence-electron chi connectivity index (χ1n) is 4.12. The minimum Gasteiger partial charge on any atom is -0.412 e. The molecule has 2 N–H and O–H groups in total. The number of hydrogen-bond acceptors (Lipinski definition) is 5. The van der Waals surface area contributed by atoms with E-state index >= 15 is 0 Å². The number of nitrogens with zero attached hydrogens (tertiary/aromatic N) is 1. The Kier molecular flexibility index (Phi) is 2.93. The highest BCUT2D eigenvalue weighted by atomic mass is 32.1. The van der Waals surface area contributed by atoms with Crippen molar-refractivity contribution in [1.82, 2.24) is 15.5 Å². The molecule has 2 rings (SSSR count). The van der Waals surface area contributed by atoms with Crippen molar-refractivity contribution in [3.8, 4) is 0 Å². The quantitative estimate of drug-likeness (QED) is 0.803. The summed E-state index contributed by atoms with van der Waals surface area (Å²) in [6.45, 7) is 0.226. The largest absolute Gasteiger partial charge is 0.412 e. The van der Waals surface area contributed by atoms with Gasteiger partial charge < -0.3 is 9.73 Å². The Morgan fingerprint density at radius 2 is 2.60 bits per heavy atom. The second-order valence-corrected chi connectivity index (χ2v) is 3.99. The van der Waals surface area contributed by atoms with Crippen molar-refractivity contribution in [1.29, 1.82) is 0 Å². The lowest BCUT2D eigenvalue weighted by atomic mass is 10.4. The van der Waals surface area contributed by atoms with Gasteiger partial charge in [-0.05, 0) is 23.7 Å². The van der Waals surface area contributed by atoms with E-state index in [4.69, 9.17) is 16.6 Å². The van der Waals surface area contributed by atoms with Gasteiger partial charge in [-0.3, -0.25) is 4.79 Å². The molecule has 78 valence electrons. The Hall–Kier alpha value is -1.47. The Morgan fingerprint density at radius 3 is 3.20 bits per heavy atom. The van der Waals surface area contributed by atoms with Crippen LogP contribution >= 0.6 is 23.6 Å². The Morgan fingerprint density at radius 1 is 1.73 bits per heavy atom. The molecule has 0 unspecified atom stereocenters. The van der Waals surface area contributed by atoms with Crippen LogP contribution in [0.25, 0.3) is 0 Å². The van der Waals surface area contributed by atoms with Gasteiger partial charge >= 0.3 is 0 Å². The highest BCUT2D eigenvalue weighted by molar-refractivity contribution is 7.71. The fourth-order valence-corrected chi connectivity index (χ4v) is 1.77. The Labute approximate surface area is 94.1 Å². The molecule has 0 aliphatic rings. The van der Waals surface area contributed by atoms with Crippen LogP contribution in [0.4, 0.5) is 0 Å². The van der Waals surface area contributed by atoms with Gasteiger partial charge in [0.2, 0.25) is 5.89 Å². The van der Waals surface area contributed by atoms with Crippen LogP contribution in [0.1, 0.15) is 15.6 Å². The number of thiophene rings is 1. The second-order valence-electron chi connectivity index (χ2n) is 2.67. The molecule has 0 aliphatic heterocycles. The van der Waals surface area contributed by atoms with E-state index in [1.165, 1.54) is 11.3 Å². The number of aromatic nitrogens is 2. The zero-order chi connectivity index (χ0) is 10.7. The fraction of sp³-hybridized carbons (Fsp3) is 0.125. The van der Waals surface area contributed by atoms with Crippen molar-refractivity contribution in [3.63, 3.8) is 0 Å².